The third kappa shape index (κ3) is 3.99. The van der Waals surface area contributed by atoms with Crippen molar-refractivity contribution < 1.29 is 17.9 Å². The minimum Gasteiger partial charge on any atom is -0.381 e. The van der Waals surface area contributed by atoms with Crippen LogP contribution in [0, 0.1) is 18.2 Å². The standard InChI is InChI=1S/C24H26F3N5O/c1-14(17-4-3-5-18(20(17)25)22(26)27)29-23-19-10-16(11-28-21(19)15(2)30-31-23)32-12-24(13-32)6-8-33-9-7-24/h3-5,10-11,14,22H,6-9,12-13H2,1-2H3,(H,29,31). The molecule has 6 nitrogen and oxygen atoms in total. The number of pyridine rings is 1. The van der Waals surface area contributed by atoms with E-state index in [9.17, 15) is 13.2 Å². The number of benzene rings is 1. The van der Waals surface area contributed by atoms with E-state index in [1.807, 2.05) is 19.2 Å². The summed E-state index contributed by atoms with van der Waals surface area (Å²) in [6.07, 6.45) is 1.12. The number of anilines is 2. The second-order valence-electron chi connectivity index (χ2n) is 9.11. The fourth-order valence-electron chi connectivity index (χ4n) is 4.85. The van der Waals surface area contributed by atoms with Crippen molar-refractivity contribution in [2.24, 2.45) is 5.41 Å². The predicted molar refractivity (Wildman–Crippen MR) is 120 cm³/mol. The van der Waals surface area contributed by atoms with Crippen LogP contribution in [0.15, 0.2) is 30.5 Å². The number of ether oxygens (including phenoxy) is 1. The van der Waals surface area contributed by atoms with Crippen LogP contribution in [0.2, 0.25) is 0 Å². The Morgan fingerprint density at radius 1 is 1.12 bits per heavy atom. The van der Waals surface area contributed by atoms with E-state index in [2.05, 4.69) is 25.4 Å². The van der Waals surface area contributed by atoms with Gasteiger partial charge in [-0.1, -0.05) is 18.2 Å². The molecule has 2 aromatic heterocycles. The first-order chi connectivity index (χ1) is 15.9. The van der Waals surface area contributed by atoms with Crippen molar-refractivity contribution in [3.63, 3.8) is 0 Å². The van der Waals surface area contributed by atoms with Gasteiger partial charge in [-0.3, -0.25) is 4.98 Å². The Bertz CT molecular complexity index is 1170. The zero-order valence-corrected chi connectivity index (χ0v) is 18.6. The first-order valence-electron chi connectivity index (χ1n) is 11.2. The Kier molecular flexibility index (Phi) is 5.60. The minimum atomic E-state index is -2.88. The van der Waals surface area contributed by atoms with Gasteiger partial charge in [-0.15, -0.1) is 5.10 Å². The van der Waals surface area contributed by atoms with Crippen molar-refractivity contribution in [3.8, 4) is 0 Å². The number of aromatic nitrogens is 3. The molecule has 1 N–H and O–H groups in total. The molecule has 2 aliphatic heterocycles. The average molecular weight is 458 g/mol. The van der Waals surface area contributed by atoms with Gasteiger partial charge in [-0.05, 0) is 32.8 Å². The molecule has 0 saturated carbocycles. The molecule has 0 bridgehead atoms. The first-order valence-corrected chi connectivity index (χ1v) is 11.2. The number of rotatable bonds is 5. The largest absolute Gasteiger partial charge is 0.381 e. The van der Waals surface area contributed by atoms with Gasteiger partial charge in [-0.25, -0.2) is 13.2 Å². The van der Waals surface area contributed by atoms with Gasteiger partial charge >= 0.3 is 0 Å². The SMILES string of the molecule is Cc1nnc(NC(C)c2cccc(C(F)F)c2F)c2cc(N3CC4(CCOCC4)C3)cnc12. The summed E-state index contributed by atoms with van der Waals surface area (Å²) in [6.45, 7) is 7.10. The van der Waals surface area contributed by atoms with Gasteiger partial charge in [0.2, 0.25) is 0 Å². The maximum absolute atomic E-state index is 14.7. The van der Waals surface area contributed by atoms with Gasteiger partial charge in [0.15, 0.2) is 5.82 Å². The van der Waals surface area contributed by atoms with Gasteiger partial charge in [0, 0.05) is 42.7 Å². The Hall–Kier alpha value is -2.94. The molecule has 0 amide bonds. The molecule has 3 aromatic rings. The number of fused-ring (bicyclic) bond motifs is 1. The Morgan fingerprint density at radius 2 is 1.85 bits per heavy atom. The van der Waals surface area contributed by atoms with Gasteiger partial charge in [0.05, 0.1) is 34.7 Å². The summed E-state index contributed by atoms with van der Waals surface area (Å²) < 4.78 is 46.5. The molecule has 9 heteroatoms. The molecule has 5 rings (SSSR count). The van der Waals surface area contributed by atoms with Crippen molar-refractivity contribution in [3.05, 3.63) is 53.1 Å². The second-order valence-corrected chi connectivity index (χ2v) is 9.11. The number of alkyl halides is 2. The third-order valence-corrected chi connectivity index (χ3v) is 6.86. The number of hydrogen-bond donors (Lipinski definition) is 1. The number of nitrogens with zero attached hydrogens (tertiary/aromatic N) is 4. The van der Waals surface area contributed by atoms with Crippen LogP contribution < -0.4 is 10.2 Å². The zero-order chi connectivity index (χ0) is 23.2. The smallest absolute Gasteiger partial charge is 0.266 e. The highest BCUT2D eigenvalue weighted by atomic mass is 19.3. The second kappa shape index (κ2) is 8.44. The summed E-state index contributed by atoms with van der Waals surface area (Å²) >= 11 is 0. The Balaban J connectivity index is 1.43. The Labute approximate surface area is 190 Å². The van der Waals surface area contributed by atoms with E-state index in [0.717, 1.165) is 56.3 Å². The number of halogens is 3. The molecule has 0 aliphatic carbocycles. The molecule has 33 heavy (non-hydrogen) atoms. The van der Waals surface area contributed by atoms with E-state index >= 15 is 0 Å². The highest BCUT2D eigenvalue weighted by Crippen LogP contribution is 2.42. The Morgan fingerprint density at radius 3 is 2.58 bits per heavy atom. The molecule has 0 radical (unpaired) electrons. The van der Waals surface area contributed by atoms with Crippen LogP contribution in [-0.2, 0) is 4.74 Å². The summed E-state index contributed by atoms with van der Waals surface area (Å²) in [6, 6.07) is 5.47. The lowest BCUT2D eigenvalue weighted by Crippen LogP contribution is -2.58. The summed E-state index contributed by atoms with van der Waals surface area (Å²) in [7, 11) is 0. The third-order valence-electron chi connectivity index (χ3n) is 6.86. The number of hydrogen-bond acceptors (Lipinski definition) is 6. The highest BCUT2D eigenvalue weighted by molar-refractivity contribution is 5.92. The van der Waals surface area contributed by atoms with E-state index in [4.69, 9.17) is 4.74 Å². The van der Waals surface area contributed by atoms with Crippen molar-refractivity contribution in [1.29, 1.82) is 0 Å². The number of aryl methyl sites for hydroxylation is 1. The van der Waals surface area contributed by atoms with Crippen LogP contribution in [-0.4, -0.2) is 41.5 Å². The van der Waals surface area contributed by atoms with Crippen LogP contribution in [0.3, 0.4) is 0 Å². The van der Waals surface area contributed by atoms with E-state index in [1.165, 1.54) is 12.1 Å². The average Bonchev–Trinajstić information content (AvgIpc) is 2.79. The van der Waals surface area contributed by atoms with Crippen molar-refractivity contribution in [2.75, 3.05) is 36.5 Å². The van der Waals surface area contributed by atoms with Crippen LogP contribution in [0.4, 0.5) is 24.7 Å². The van der Waals surface area contributed by atoms with Gasteiger partial charge < -0.3 is 15.0 Å². The predicted octanol–water partition coefficient (Wildman–Crippen LogP) is 5.20. The number of nitrogens with one attached hydrogen (secondary N) is 1. The van der Waals surface area contributed by atoms with E-state index in [0.29, 0.717) is 22.4 Å². The molecule has 174 valence electrons. The maximum atomic E-state index is 14.7. The lowest BCUT2D eigenvalue weighted by atomic mass is 9.73. The van der Waals surface area contributed by atoms with Gasteiger partial charge in [0.25, 0.3) is 6.43 Å². The van der Waals surface area contributed by atoms with Crippen LogP contribution in [0.5, 0.6) is 0 Å². The molecule has 1 spiro atoms. The van der Waals surface area contributed by atoms with Crippen LogP contribution in [0.25, 0.3) is 10.9 Å². The molecule has 1 atom stereocenters. The summed E-state index contributed by atoms with van der Waals surface area (Å²) in [5.74, 6) is -0.460. The summed E-state index contributed by atoms with van der Waals surface area (Å²) in [5, 5.41) is 12.4. The zero-order valence-electron chi connectivity index (χ0n) is 18.6. The maximum Gasteiger partial charge on any atom is 0.266 e. The van der Waals surface area contributed by atoms with E-state index in [-0.39, 0.29) is 5.56 Å². The van der Waals surface area contributed by atoms with Crippen molar-refractivity contribution >= 4 is 22.4 Å². The topological polar surface area (TPSA) is 63.2 Å². The highest BCUT2D eigenvalue weighted by Gasteiger charge is 2.44. The van der Waals surface area contributed by atoms with Crippen LogP contribution in [0.1, 0.15) is 49.1 Å². The van der Waals surface area contributed by atoms with Gasteiger partial charge in [0.1, 0.15) is 5.82 Å². The van der Waals surface area contributed by atoms with Gasteiger partial charge in [-0.2, -0.15) is 5.10 Å². The fourth-order valence-corrected chi connectivity index (χ4v) is 4.85. The normalized spacial score (nSPS) is 18.5. The summed E-state index contributed by atoms with van der Waals surface area (Å²) in [4.78, 5) is 6.93. The quantitative estimate of drug-likeness (QED) is 0.568. The molecule has 4 heterocycles. The minimum absolute atomic E-state index is 0.150. The molecule has 2 fully saturated rings. The van der Waals surface area contributed by atoms with Crippen LogP contribution >= 0.6 is 0 Å². The lowest BCUT2D eigenvalue weighted by molar-refractivity contribution is -0.000201. The van der Waals surface area contributed by atoms with E-state index in [1.54, 1.807) is 6.92 Å². The monoisotopic (exact) mass is 457 g/mol. The van der Waals surface area contributed by atoms with Crippen molar-refractivity contribution in [2.45, 2.75) is 39.2 Å². The molecule has 2 saturated heterocycles. The van der Waals surface area contributed by atoms with E-state index < -0.39 is 23.8 Å². The van der Waals surface area contributed by atoms with Crippen molar-refractivity contribution in [1.82, 2.24) is 15.2 Å². The molecule has 1 unspecified atom stereocenters. The molecular weight excluding hydrogens is 431 g/mol. The molecular formula is C24H26F3N5O. The summed E-state index contributed by atoms with van der Waals surface area (Å²) in [5.41, 5.74) is 2.24. The molecule has 2 aliphatic rings. The molecule has 1 aromatic carbocycles. The first kappa shape index (κ1) is 21.9. The fraction of sp³-hybridized carbons (Fsp3) is 0.458. The lowest BCUT2D eigenvalue weighted by Gasteiger charge is -2.53.